The van der Waals surface area contributed by atoms with E-state index < -0.39 is 0 Å². The molecule has 0 aromatic carbocycles. The molecule has 5 nitrogen and oxygen atoms in total. The van der Waals surface area contributed by atoms with Gasteiger partial charge in [0.1, 0.15) is 10.8 Å². The summed E-state index contributed by atoms with van der Waals surface area (Å²) in [6.07, 6.45) is 4.71. The number of carbonyl (C=O) groups excluding carboxylic acids is 1. The first kappa shape index (κ1) is 17.8. The molecule has 1 unspecified atom stereocenters. The number of rotatable bonds is 3. The van der Waals surface area contributed by atoms with Crippen molar-refractivity contribution in [3.63, 3.8) is 0 Å². The third-order valence-electron chi connectivity index (χ3n) is 4.29. The van der Waals surface area contributed by atoms with E-state index in [0.717, 1.165) is 35.4 Å². The summed E-state index contributed by atoms with van der Waals surface area (Å²) in [5, 5.41) is 7.39. The summed E-state index contributed by atoms with van der Waals surface area (Å²) in [5.74, 6) is 0.990. The lowest BCUT2D eigenvalue weighted by molar-refractivity contribution is 0.0601. The highest BCUT2D eigenvalue weighted by Gasteiger charge is 2.28. The first-order chi connectivity index (χ1) is 12.0. The Kier molecular flexibility index (Phi) is 5.34. The van der Waals surface area contributed by atoms with Crippen LogP contribution >= 0.6 is 23.6 Å². The van der Waals surface area contributed by atoms with Gasteiger partial charge in [-0.3, -0.25) is 0 Å². The average molecular weight is 376 g/mol. The molecule has 2 aromatic rings. The molecule has 2 aromatic heterocycles. The van der Waals surface area contributed by atoms with Crippen LogP contribution in [0.4, 0.5) is 10.8 Å². The van der Waals surface area contributed by atoms with Gasteiger partial charge in [-0.15, -0.1) is 11.3 Å². The summed E-state index contributed by atoms with van der Waals surface area (Å²) >= 11 is 6.99. The first-order valence-electron chi connectivity index (χ1n) is 8.21. The minimum Gasteiger partial charge on any atom is -0.465 e. The lowest BCUT2D eigenvalue weighted by Crippen LogP contribution is -2.21. The van der Waals surface area contributed by atoms with Crippen LogP contribution in [0, 0.1) is 12.8 Å². The molecule has 0 spiro atoms. The Hall–Kier alpha value is -1.99. The molecule has 2 heterocycles. The van der Waals surface area contributed by atoms with Gasteiger partial charge in [0.15, 0.2) is 5.11 Å². The predicted octanol–water partition coefficient (Wildman–Crippen LogP) is 4.17. The molecule has 1 aliphatic rings. The normalized spacial score (nSPS) is 16.0. The molecule has 7 heteroatoms. The van der Waals surface area contributed by atoms with E-state index in [0.29, 0.717) is 22.4 Å². The fraction of sp³-hybridized carbons (Fsp3) is 0.389. The quantitative estimate of drug-likeness (QED) is 0.620. The number of aryl methyl sites for hydroxylation is 1. The first-order valence-corrected chi connectivity index (χ1v) is 9.44. The number of hydrogen-bond donors (Lipinski definition) is 2. The number of thiocarbonyl (C=S) groups is 1. The fourth-order valence-electron chi connectivity index (χ4n) is 3.01. The number of pyridine rings is 1. The number of anilines is 2. The number of fused-ring (bicyclic) bond motifs is 1. The van der Waals surface area contributed by atoms with Crippen LogP contribution in [0.15, 0.2) is 18.3 Å². The summed E-state index contributed by atoms with van der Waals surface area (Å²) in [4.78, 5) is 17.8. The standard InChI is InChI=1S/C18H21N3O2S2/c1-10-4-5-12-13(8-10)25-16(15(12)17(22)23-3)21-18(24)20-14-9-11(2)6-7-19-14/h6-7,9-10H,4-5,8H2,1-3H3,(H2,19,20,21,24). The molecule has 0 radical (unpaired) electrons. The van der Waals surface area contributed by atoms with Crippen molar-refractivity contribution in [2.24, 2.45) is 5.92 Å². The number of thiophene rings is 1. The predicted molar refractivity (Wildman–Crippen MR) is 106 cm³/mol. The number of nitrogens with one attached hydrogen (secondary N) is 2. The molecule has 1 aliphatic carbocycles. The Labute approximate surface area is 156 Å². The summed E-state index contributed by atoms with van der Waals surface area (Å²) in [7, 11) is 1.41. The molecule has 3 rings (SSSR count). The lowest BCUT2D eigenvalue weighted by atomic mass is 9.88. The van der Waals surface area contributed by atoms with Crippen LogP contribution in [0.3, 0.4) is 0 Å². The lowest BCUT2D eigenvalue weighted by Gasteiger charge is -2.18. The molecule has 2 N–H and O–H groups in total. The molecule has 0 saturated heterocycles. The Bertz CT molecular complexity index is 817. The molecular formula is C18H21N3O2S2. The zero-order chi connectivity index (χ0) is 18.0. The topological polar surface area (TPSA) is 63.2 Å². The Morgan fingerprint density at radius 2 is 2.24 bits per heavy atom. The van der Waals surface area contributed by atoms with Crippen molar-refractivity contribution in [3.05, 3.63) is 39.9 Å². The highest BCUT2D eigenvalue weighted by molar-refractivity contribution is 7.80. The van der Waals surface area contributed by atoms with E-state index in [4.69, 9.17) is 17.0 Å². The van der Waals surface area contributed by atoms with Gasteiger partial charge in [0.25, 0.3) is 0 Å². The SMILES string of the molecule is COC(=O)c1c(NC(=S)Nc2cc(C)ccn2)sc2c1CCC(C)C2. The van der Waals surface area contributed by atoms with E-state index in [1.165, 1.54) is 12.0 Å². The van der Waals surface area contributed by atoms with Gasteiger partial charge < -0.3 is 15.4 Å². The van der Waals surface area contributed by atoms with Crippen LogP contribution < -0.4 is 10.6 Å². The minimum atomic E-state index is -0.314. The van der Waals surface area contributed by atoms with E-state index in [1.807, 2.05) is 19.1 Å². The molecule has 0 aliphatic heterocycles. The molecule has 0 bridgehead atoms. The average Bonchev–Trinajstić information content (AvgIpc) is 2.90. The molecule has 1 atom stereocenters. The highest BCUT2D eigenvalue weighted by atomic mass is 32.1. The van der Waals surface area contributed by atoms with E-state index in [-0.39, 0.29) is 5.97 Å². The smallest absolute Gasteiger partial charge is 0.341 e. The van der Waals surface area contributed by atoms with Gasteiger partial charge in [-0.05, 0) is 67.6 Å². The molecule has 25 heavy (non-hydrogen) atoms. The number of ether oxygens (including phenoxy) is 1. The number of nitrogens with zero attached hydrogens (tertiary/aromatic N) is 1. The number of carbonyl (C=O) groups is 1. The maximum atomic E-state index is 12.3. The van der Waals surface area contributed by atoms with Gasteiger partial charge in [0.05, 0.1) is 12.7 Å². The second-order valence-electron chi connectivity index (χ2n) is 6.35. The monoisotopic (exact) mass is 375 g/mol. The van der Waals surface area contributed by atoms with Crippen molar-refractivity contribution in [3.8, 4) is 0 Å². The van der Waals surface area contributed by atoms with E-state index >= 15 is 0 Å². The van der Waals surface area contributed by atoms with Gasteiger partial charge in [0.2, 0.25) is 0 Å². The van der Waals surface area contributed by atoms with Crippen molar-refractivity contribution in [2.45, 2.75) is 33.1 Å². The summed E-state index contributed by atoms with van der Waals surface area (Å²) in [6, 6.07) is 3.84. The van der Waals surface area contributed by atoms with Gasteiger partial charge in [-0.25, -0.2) is 9.78 Å². The zero-order valence-electron chi connectivity index (χ0n) is 14.5. The van der Waals surface area contributed by atoms with E-state index in [1.54, 1.807) is 17.5 Å². The molecular weight excluding hydrogens is 354 g/mol. The number of methoxy groups -OCH3 is 1. The van der Waals surface area contributed by atoms with Gasteiger partial charge in [-0.1, -0.05) is 6.92 Å². The third-order valence-corrected chi connectivity index (χ3v) is 5.66. The molecule has 0 saturated carbocycles. The third kappa shape index (κ3) is 3.99. The summed E-state index contributed by atoms with van der Waals surface area (Å²) in [5.41, 5.74) is 2.82. The van der Waals surface area contributed by atoms with Crippen LogP contribution in [0.5, 0.6) is 0 Å². The van der Waals surface area contributed by atoms with E-state index in [2.05, 4.69) is 22.5 Å². The van der Waals surface area contributed by atoms with Gasteiger partial charge in [-0.2, -0.15) is 0 Å². The van der Waals surface area contributed by atoms with Crippen molar-refractivity contribution in [1.82, 2.24) is 4.98 Å². The molecule has 0 amide bonds. The minimum absolute atomic E-state index is 0.314. The van der Waals surface area contributed by atoms with Crippen LogP contribution in [0.25, 0.3) is 0 Å². The van der Waals surface area contributed by atoms with Crippen molar-refractivity contribution in [1.29, 1.82) is 0 Å². The van der Waals surface area contributed by atoms with Crippen LogP contribution in [-0.4, -0.2) is 23.2 Å². The summed E-state index contributed by atoms with van der Waals surface area (Å²) in [6.45, 7) is 4.23. The summed E-state index contributed by atoms with van der Waals surface area (Å²) < 4.78 is 5.00. The number of aromatic nitrogens is 1. The number of hydrogen-bond acceptors (Lipinski definition) is 5. The van der Waals surface area contributed by atoms with Crippen molar-refractivity contribution < 1.29 is 9.53 Å². The van der Waals surface area contributed by atoms with Crippen LogP contribution in [0.2, 0.25) is 0 Å². The van der Waals surface area contributed by atoms with Crippen LogP contribution in [-0.2, 0) is 17.6 Å². The Morgan fingerprint density at radius 1 is 1.44 bits per heavy atom. The number of esters is 1. The van der Waals surface area contributed by atoms with Crippen molar-refractivity contribution >= 4 is 45.5 Å². The zero-order valence-corrected chi connectivity index (χ0v) is 16.1. The highest BCUT2D eigenvalue weighted by Crippen LogP contribution is 2.40. The second kappa shape index (κ2) is 7.49. The largest absolute Gasteiger partial charge is 0.465 e. The van der Waals surface area contributed by atoms with Crippen LogP contribution in [0.1, 0.15) is 39.7 Å². The second-order valence-corrected chi connectivity index (χ2v) is 7.86. The Balaban J connectivity index is 1.84. The maximum Gasteiger partial charge on any atom is 0.341 e. The van der Waals surface area contributed by atoms with Crippen molar-refractivity contribution in [2.75, 3.05) is 17.7 Å². The van der Waals surface area contributed by atoms with Gasteiger partial charge >= 0.3 is 5.97 Å². The Morgan fingerprint density at radius 3 is 2.96 bits per heavy atom. The molecule has 0 fully saturated rings. The maximum absolute atomic E-state index is 12.3. The van der Waals surface area contributed by atoms with Gasteiger partial charge in [0, 0.05) is 11.1 Å². The molecule has 132 valence electrons. The van der Waals surface area contributed by atoms with E-state index in [9.17, 15) is 4.79 Å². The fourth-order valence-corrected chi connectivity index (χ4v) is 4.69.